The SMILES string of the molecule is Cc1cc(F)c(C#Cc2cc(F)c(C#Cc3ccc(C)c(C)c3)c(F)c2)c(F)c1. The fourth-order valence-corrected chi connectivity index (χ4v) is 2.67. The fourth-order valence-electron chi connectivity index (χ4n) is 2.67. The zero-order valence-electron chi connectivity index (χ0n) is 16.1. The Kier molecular flexibility index (Phi) is 5.76. The Balaban J connectivity index is 1.94. The lowest BCUT2D eigenvalue weighted by atomic mass is 10.1. The van der Waals surface area contributed by atoms with Gasteiger partial charge in [0.2, 0.25) is 0 Å². The maximum atomic E-state index is 14.3. The highest BCUT2D eigenvalue weighted by Gasteiger charge is 2.10. The molecule has 0 spiro atoms. The van der Waals surface area contributed by atoms with Crippen LogP contribution < -0.4 is 0 Å². The third-order valence-electron chi connectivity index (χ3n) is 4.40. The lowest BCUT2D eigenvalue weighted by molar-refractivity contribution is 0.575. The van der Waals surface area contributed by atoms with E-state index in [-0.39, 0.29) is 11.1 Å². The minimum absolute atomic E-state index is 0.0453. The van der Waals surface area contributed by atoms with Crippen molar-refractivity contribution in [2.75, 3.05) is 0 Å². The summed E-state index contributed by atoms with van der Waals surface area (Å²) in [6.07, 6.45) is 0. The van der Waals surface area contributed by atoms with Gasteiger partial charge in [0.25, 0.3) is 0 Å². The van der Waals surface area contributed by atoms with Crippen LogP contribution in [0, 0.1) is 67.7 Å². The van der Waals surface area contributed by atoms with Crippen LogP contribution in [0.2, 0.25) is 0 Å². The van der Waals surface area contributed by atoms with E-state index in [0.717, 1.165) is 35.4 Å². The molecule has 0 aromatic heterocycles. The Labute approximate surface area is 167 Å². The number of aryl methyl sites for hydroxylation is 3. The first-order chi connectivity index (χ1) is 13.7. The lowest BCUT2D eigenvalue weighted by Gasteiger charge is -2.01. The first-order valence-electron chi connectivity index (χ1n) is 8.80. The summed E-state index contributed by atoms with van der Waals surface area (Å²) in [5.41, 5.74) is 2.29. The summed E-state index contributed by atoms with van der Waals surface area (Å²) in [6.45, 7) is 5.43. The van der Waals surface area contributed by atoms with Crippen LogP contribution in [0.1, 0.15) is 38.9 Å². The standard InChI is InChI=1S/C25H16F4/c1-15-10-22(26)20(23(27)11-15)9-7-19-13-24(28)21(25(29)14-19)8-6-18-5-4-16(2)17(3)12-18/h4-5,10-14H,1-3H3. The molecule has 0 heterocycles. The smallest absolute Gasteiger partial charge is 0.143 e. The molecule has 0 nitrogen and oxygen atoms in total. The van der Waals surface area contributed by atoms with Crippen LogP contribution >= 0.6 is 0 Å². The van der Waals surface area contributed by atoms with Gasteiger partial charge in [-0.3, -0.25) is 0 Å². The topological polar surface area (TPSA) is 0 Å². The largest absolute Gasteiger partial charge is 0.206 e. The molecule has 3 aromatic carbocycles. The van der Waals surface area contributed by atoms with Gasteiger partial charge in [-0.15, -0.1) is 0 Å². The molecule has 0 N–H and O–H groups in total. The number of hydrogen-bond acceptors (Lipinski definition) is 0. The van der Waals surface area contributed by atoms with Crippen molar-refractivity contribution in [1.29, 1.82) is 0 Å². The minimum atomic E-state index is -0.893. The maximum absolute atomic E-state index is 14.3. The zero-order chi connectivity index (χ0) is 21.1. The Bertz CT molecular complexity index is 1190. The molecule has 144 valence electrons. The number of hydrogen-bond donors (Lipinski definition) is 0. The molecule has 4 heteroatoms. The van der Waals surface area contributed by atoms with Crippen molar-refractivity contribution in [2.24, 2.45) is 0 Å². The van der Waals surface area contributed by atoms with Crippen LogP contribution in [-0.4, -0.2) is 0 Å². The molecular formula is C25H16F4. The van der Waals surface area contributed by atoms with E-state index in [4.69, 9.17) is 0 Å². The normalized spacial score (nSPS) is 10.0. The van der Waals surface area contributed by atoms with Gasteiger partial charge in [-0.25, -0.2) is 17.6 Å². The predicted molar refractivity (Wildman–Crippen MR) is 105 cm³/mol. The molecule has 0 saturated heterocycles. The Morgan fingerprint density at radius 3 is 1.52 bits per heavy atom. The molecule has 0 radical (unpaired) electrons. The highest BCUT2D eigenvalue weighted by molar-refractivity contribution is 5.50. The van der Waals surface area contributed by atoms with Gasteiger partial charge in [-0.2, -0.15) is 0 Å². The molecule has 0 aliphatic heterocycles. The number of benzene rings is 3. The molecule has 0 saturated carbocycles. The van der Waals surface area contributed by atoms with Crippen molar-refractivity contribution in [2.45, 2.75) is 20.8 Å². The van der Waals surface area contributed by atoms with E-state index in [1.807, 2.05) is 26.0 Å². The molecule has 0 aliphatic rings. The van der Waals surface area contributed by atoms with Crippen molar-refractivity contribution in [3.8, 4) is 23.7 Å². The molecule has 0 unspecified atom stereocenters. The summed E-state index contributed by atoms with van der Waals surface area (Å²) in [4.78, 5) is 0. The third kappa shape index (κ3) is 4.68. The van der Waals surface area contributed by atoms with Crippen LogP contribution in [0.25, 0.3) is 0 Å². The zero-order valence-corrected chi connectivity index (χ0v) is 16.1. The van der Waals surface area contributed by atoms with Gasteiger partial charge < -0.3 is 0 Å². The van der Waals surface area contributed by atoms with Crippen LogP contribution in [0.15, 0.2) is 42.5 Å². The van der Waals surface area contributed by atoms with Crippen molar-refractivity contribution >= 4 is 0 Å². The highest BCUT2D eigenvalue weighted by atomic mass is 19.1. The molecule has 3 aromatic rings. The molecular weight excluding hydrogens is 376 g/mol. The highest BCUT2D eigenvalue weighted by Crippen LogP contribution is 2.17. The molecule has 0 atom stereocenters. The van der Waals surface area contributed by atoms with E-state index in [1.165, 1.54) is 0 Å². The predicted octanol–water partition coefficient (Wildman–Crippen LogP) is 5.97. The van der Waals surface area contributed by atoms with Crippen LogP contribution in [-0.2, 0) is 0 Å². The molecule has 3 rings (SSSR count). The van der Waals surface area contributed by atoms with E-state index in [9.17, 15) is 17.6 Å². The van der Waals surface area contributed by atoms with Crippen molar-refractivity contribution < 1.29 is 17.6 Å². The molecule has 29 heavy (non-hydrogen) atoms. The number of halogens is 4. The summed E-state index contributed by atoms with van der Waals surface area (Å²) in [5, 5.41) is 0. The van der Waals surface area contributed by atoms with Gasteiger partial charge in [0, 0.05) is 11.1 Å². The van der Waals surface area contributed by atoms with E-state index in [2.05, 4.69) is 23.7 Å². The van der Waals surface area contributed by atoms with Crippen molar-refractivity contribution in [3.63, 3.8) is 0 Å². The van der Waals surface area contributed by atoms with Gasteiger partial charge in [0.1, 0.15) is 23.3 Å². The fraction of sp³-hybridized carbons (Fsp3) is 0.120. The second-order valence-corrected chi connectivity index (χ2v) is 6.72. The van der Waals surface area contributed by atoms with Gasteiger partial charge in [0.05, 0.1) is 11.1 Å². The van der Waals surface area contributed by atoms with Crippen LogP contribution in [0.3, 0.4) is 0 Å². The second-order valence-electron chi connectivity index (χ2n) is 6.72. The van der Waals surface area contributed by atoms with E-state index in [1.54, 1.807) is 13.0 Å². The first kappa shape index (κ1) is 20.2. The van der Waals surface area contributed by atoms with E-state index >= 15 is 0 Å². The van der Waals surface area contributed by atoms with Gasteiger partial charge in [-0.1, -0.05) is 29.7 Å². The average molecular weight is 392 g/mol. The van der Waals surface area contributed by atoms with Gasteiger partial charge >= 0.3 is 0 Å². The van der Waals surface area contributed by atoms with Gasteiger partial charge in [-0.05, 0) is 73.9 Å². The molecule has 0 amide bonds. The summed E-state index contributed by atoms with van der Waals surface area (Å²) in [7, 11) is 0. The number of rotatable bonds is 0. The Morgan fingerprint density at radius 2 is 1.00 bits per heavy atom. The lowest BCUT2D eigenvalue weighted by Crippen LogP contribution is -1.94. The first-order valence-corrected chi connectivity index (χ1v) is 8.80. The summed E-state index contributed by atoms with van der Waals surface area (Å²) < 4.78 is 56.4. The maximum Gasteiger partial charge on any atom is 0.143 e. The molecule has 0 fully saturated rings. The van der Waals surface area contributed by atoms with E-state index in [0.29, 0.717) is 11.1 Å². The van der Waals surface area contributed by atoms with Crippen molar-refractivity contribution in [1.82, 2.24) is 0 Å². The summed E-state index contributed by atoms with van der Waals surface area (Å²) in [6, 6.07) is 9.75. The van der Waals surface area contributed by atoms with Gasteiger partial charge in [0.15, 0.2) is 0 Å². The monoisotopic (exact) mass is 392 g/mol. The molecule has 0 aliphatic carbocycles. The summed E-state index contributed by atoms with van der Waals surface area (Å²) >= 11 is 0. The summed E-state index contributed by atoms with van der Waals surface area (Å²) in [5.74, 6) is 6.50. The third-order valence-corrected chi connectivity index (χ3v) is 4.40. The Hall–Kier alpha value is -3.50. The minimum Gasteiger partial charge on any atom is -0.206 e. The second kappa shape index (κ2) is 8.25. The Morgan fingerprint density at radius 1 is 0.517 bits per heavy atom. The van der Waals surface area contributed by atoms with E-state index < -0.39 is 28.8 Å². The van der Waals surface area contributed by atoms with Crippen LogP contribution in [0.4, 0.5) is 17.6 Å². The molecule has 0 bridgehead atoms. The quantitative estimate of drug-likeness (QED) is 0.327. The average Bonchev–Trinajstić information content (AvgIpc) is 2.63. The van der Waals surface area contributed by atoms with Crippen molar-refractivity contribution in [3.05, 3.63) is 105 Å². The van der Waals surface area contributed by atoms with Crippen LogP contribution in [0.5, 0.6) is 0 Å².